The van der Waals surface area contributed by atoms with Crippen molar-refractivity contribution >= 4 is 18.0 Å². The molecule has 0 saturated heterocycles. The second-order valence-electron chi connectivity index (χ2n) is 5.69. The summed E-state index contributed by atoms with van der Waals surface area (Å²) in [6.07, 6.45) is 2.91. The molecule has 0 spiro atoms. The maximum absolute atomic E-state index is 9.66. The van der Waals surface area contributed by atoms with E-state index in [1.807, 2.05) is 30.3 Å². The number of carbonyl (C=O) groups is 1. The summed E-state index contributed by atoms with van der Waals surface area (Å²) in [5, 5.41) is 13.8. The topological polar surface area (TPSA) is 123 Å². The van der Waals surface area contributed by atoms with Crippen molar-refractivity contribution in [2.75, 3.05) is 12.0 Å². The lowest BCUT2D eigenvalue weighted by atomic mass is 10.2. The number of amides is 1. The van der Waals surface area contributed by atoms with Crippen LogP contribution in [0.4, 0.5) is 5.69 Å². The molecule has 6 N–H and O–H groups in total. The largest absolute Gasteiger partial charge is 0.473 e. The first kappa shape index (κ1) is 24.7. The highest BCUT2D eigenvalue weighted by Crippen LogP contribution is 2.08. The average molecular weight is 352 g/mol. The number of nitrogens with zero attached hydrogens (tertiary/aromatic N) is 1. The van der Waals surface area contributed by atoms with Gasteiger partial charge in [-0.15, -0.1) is 5.10 Å². The Labute approximate surface area is 150 Å². The molecular weight excluding hydrogens is 320 g/mol. The number of anilines is 1. The maximum Gasteiger partial charge on any atom is 0.235 e. The zero-order valence-electron chi connectivity index (χ0n) is 15.8. The Morgan fingerprint density at radius 3 is 2.16 bits per heavy atom. The van der Waals surface area contributed by atoms with Crippen molar-refractivity contribution in [2.24, 2.45) is 16.6 Å². The Morgan fingerprint density at radius 1 is 1.28 bits per heavy atom. The van der Waals surface area contributed by atoms with Crippen LogP contribution in [0.25, 0.3) is 0 Å². The fourth-order valence-electron chi connectivity index (χ4n) is 1.18. The lowest BCUT2D eigenvalue weighted by molar-refractivity contribution is -0.106. The lowest BCUT2D eigenvalue weighted by Crippen LogP contribution is -2.28. The monoisotopic (exact) mass is 352 g/mol. The molecule has 1 aromatic carbocycles. The molecule has 0 fully saturated rings. The van der Waals surface area contributed by atoms with Crippen molar-refractivity contribution in [3.05, 3.63) is 42.1 Å². The predicted molar refractivity (Wildman–Crippen MR) is 104 cm³/mol. The van der Waals surface area contributed by atoms with E-state index >= 15 is 0 Å². The number of rotatable bonds is 5. The molecule has 0 radical (unpaired) electrons. The summed E-state index contributed by atoms with van der Waals surface area (Å²) in [6.45, 7) is 9.50. The van der Waals surface area contributed by atoms with Crippen molar-refractivity contribution < 1.29 is 14.6 Å². The van der Waals surface area contributed by atoms with E-state index in [0.29, 0.717) is 11.5 Å². The number of primary amides is 1. The van der Waals surface area contributed by atoms with E-state index in [0.717, 1.165) is 5.69 Å². The molecule has 0 aliphatic rings. The third kappa shape index (κ3) is 16.1. The Hall–Kier alpha value is -2.54. The molecule has 0 aromatic heterocycles. The van der Waals surface area contributed by atoms with Crippen LogP contribution in [0.1, 0.15) is 41.0 Å². The van der Waals surface area contributed by atoms with Gasteiger partial charge in [0.1, 0.15) is 6.61 Å². The van der Waals surface area contributed by atoms with E-state index in [1.165, 1.54) is 12.6 Å². The molecule has 0 atom stereocenters. The standard InChI is InChI=1S/C14H21N3O2.C3H8.CH3NO/c1-11(9-15)13(19-10-14(2,3)18)17-16-12-7-5-4-6-8-12;1-3-2;2-1-3/h4-9,16,18H,10,15H2,1-3H3;3H2,1-2H3;1H,(H2,2,3)/b11-9+,17-13+;;. The van der Waals surface area contributed by atoms with Gasteiger partial charge >= 0.3 is 0 Å². The van der Waals surface area contributed by atoms with Crippen molar-refractivity contribution in [2.45, 2.75) is 46.6 Å². The van der Waals surface area contributed by atoms with Gasteiger partial charge in [0, 0.05) is 11.8 Å². The first-order chi connectivity index (χ1) is 11.7. The zero-order valence-corrected chi connectivity index (χ0v) is 15.8. The second-order valence-corrected chi connectivity index (χ2v) is 5.69. The fraction of sp³-hybridized carbons (Fsp3) is 0.444. The van der Waals surface area contributed by atoms with E-state index in [4.69, 9.17) is 15.3 Å². The third-order valence-corrected chi connectivity index (χ3v) is 2.21. The maximum atomic E-state index is 9.66. The van der Waals surface area contributed by atoms with E-state index in [-0.39, 0.29) is 13.0 Å². The van der Waals surface area contributed by atoms with Gasteiger partial charge in [0.15, 0.2) is 0 Å². The first-order valence-electron chi connectivity index (χ1n) is 8.03. The second kappa shape index (κ2) is 15.0. The molecule has 0 unspecified atom stereocenters. The minimum Gasteiger partial charge on any atom is -0.473 e. The predicted octanol–water partition coefficient (Wildman–Crippen LogP) is 2.58. The quantitative estimate of drug-likeness (QED) is 0.281. The number of aliphatic hydroxyl groups is 1. The number of carbonyl (C=O) groups excluding carboxylic acids is 1. The van der Waals surface area contributed by atoms with Crippen molar-refractivity contribution in [3.8, 4) is 0 Å². The van der Waals surface area contributed by atoms with Crippen LogP contribution < -0.4 is 16.9 Å². The number of benzene rings is 1. The van der Waals surface area contributed by atoms with E-state index in [9.17, 15) is 5.11 Å². The number of nitrogens with one attached hydrogen (secondary N) is 1. The van der Waals surface area contributed by atoms with Crippen molar-refractivity contribution in [3.63, 3.8) is 0 Å². The summed E-state index contributed by atoms with van der Waals surface area (Å²) in [4.78, 5) is 8.58. The van der Waals surface area contributed by atoms with Crippen LogP contribution in [0.15, 0.2) is 47.2 Å². The van der Waals surface area contributed by atoms with Gasteiger partial charge in [-0.05, 0) is 32.9 Å². The molecule has 7 heteroatoms. The number of para-hydroxylation sites is 1. The first-order valence-corrected chi connectivity index (χ1v) is 8.03. The van der Waals surface area contributed by atoms with Gasteiger partial charge < -0.3 is 21.3 Å². The Bertz CT molecular complexity index is 509. The zero-order chi connectivity index (χ0) is 19.7. The molecule has 0 aliphatic heterocycles. The molecule has 7 nitrogen and oxygen atoms in total. The van der Waals surface area contributed by atoms with Crippen LogP contribution >= 0.6 is 0 Å². The van der Waals surface area contributed by atoms with Gasteiger partial charge in [-0.25, -0.2) is 0 Å². The normalized spacial score (nSPS) is 11.3. The molecule has 0 heterocycles. The van der Waals surface area contributed by atoms with Gasteiger partial charge in [-0.3, -0.25) is 10.2 Å². The number of hydrazone groups is 1. The number of ether oxygens (including phenoxy) is 1. The number of hydrogen-bond acceptors (Lipinski definition) is 6. The Balaban J connectivity index is 0. The van der Waals surface area contributed by atoms with Gasteiger partial charge in [0.05, 0.1) is 11.3 Å². The van der Waals surface area contributed by atoms with Crippen molar-refractivity contribution in [1.82, 2.24) is 0 Å². The summed E-state index contributed by atoms with van der Waals surface area (Å²) in [5.41, 5.74) is 13.1. The van der Waals surface area contributed by atoms with Crippen LogP contribution in [-0.2, 0) is 9.53 Å². The van der Waals surface area contributed by atoms with Gasteiger partial charge in [-0.2, -0.15) is 0 Å². The molecule has 25 heavy (non-hydrogen) atoms. The highest BCUT2D eigenvalue weighted by Gasteiger charge is 2.15. The molecule has 1 aromatic rings. The fourth-order valence-corrected chi connectivity index (χ4v) is 1.18. The molecule has 1 rings (SSSR count). The summed E-state index contributed by atoms with van der Waals surface area (Å²) in [5.74, 6) is 0.355. The minimum atomic E-state index is -0.928. The van der Waals surface area contributed by atoms with Gasteiger partial charge in [0.2, 0.25) is 12.3 Å². The van der Waals surface area contributed by atoms with Crippen LogP contribution in [0, 0.1) is 0 Å². The van der Waals surface area contributed by atoms with Crippen molar-refractivity contribution in [1.29, 1.82) is 0 Å². The smallest absolute Gasteiger partial charge is 0.235 e. The van der Waals surface area contributed by atoms with Gasteiger partial charge in [-0.1, -0.05) is 38.5 Å². The molecule has 0 saturated carbocycles. The summed E-state index contributed by atoms with van der Waals surface area (Å²) in [6, 6.07) is 9.50. The molecule has 142 valence electrons. The SMILES string of the molecule is CC(=C\N)/C(=N\Nc1ccccc1)OCC(C)(C)O.CCC.NC=O. The highest BCUT2D eigenvalue weighted by molar-refractivity contribution is 5.93. The summed E-state index contributed by atoms with van der Waals surface area (Å²) in [7, 11) is 0. The molecular formula is C18H32N4O3. The molecule has 0 bridgehead atoms. The summed E-state index contributed by atoms with van der Waals surface area (Å²) >= 11 is 0. The van der Waals surface area contributed by atoms with E-state index in [1.54, 1.807) is 20.8 Å². The van der Waals surface area contributed by atoms with E-state index in [2.05, 4.69) is 30.1 Å². The highest BCUT2D eigenvalue weighted by atomic mass is 16.5. The number of hydrogen-bond donors (Lipinski definition) is 4. The van der Waals surface area contributed by atoms with Crippen LogP contribution in [0.5, 0.6) is 0 Å². The Kier molecular flexibility index (Phi) is 14.8. The average Bonchev–Trinajstić information content (AvgIpc) is 2.56. The van der Waals surface area contributed by atoms with Crippen LogP contribution in [0.2, 0.25) is 0 Å². The lowest BCUT2D eigenvalue weighted by Gasteiger charge is -2.18. The van der Waals surface area contributed by atoms with Gasteiger partial charge in [0.25, 0.3) is 0 Å². The number of nitrogens with two attached hydrogens (primary N) is 2. The van der Waals surface area contributed by atoms with Crippen LogP contribution in [0.3, 0.4) is 0 Å². The van der Waals surface area contributed by atoms with E-state index < -0.39 is 5.60 Å². The molecule has 0 aliphatic carbocycles. The Morgan fingerprint density at radius 2 is 1.76 bits per heavy atom. The minimum absolute atomic E-state index is 0.132. The molecule has 1 amide bonds. The third-order valence-electron chi connectivity index (χ3n) is 2.21. The van der Waals surface area contributed by atoms with Crippen LogP contribution in [-0.4, -0.2) is 29.6 Å². The summed E-state index contributed by atoms with van der Waals surface area (Å²) < 4.78 is 5.47.